The van der Waals surface area contributed by atoms with Gasteiger partial charge in [0.1, 0.15) is 6.10 Å². The van der Waals surface area contributed by atoms with Gasteiger partial charge in [-0.25, -0.2) is 0 Å². The van der Waals surface area contributed by atoms with Crippen molar-refractivity contribution in [2.75, 3.05) is 6.54 Å². The summed E-state index contributed by atoms with van der Waals surface area (Å²) >= 11 is 0. The number of rotatable bonds is 1. The minimum absolute atomic E-state index is 0.111. The van der Waals surface area contributed by atoms with Crippen molar-refractivity contribution >= 4 is 5.91 Å². The molecule has 0 bridgehead atoms. The molecule has 0 radical (unpaired) electrons. The number of nitrogens with one attached hydrogen (secondary N) is 1. The smallest absolute Gasteiger partial charge is 0.291 e. The molecule has 1 aromatic heterocycles. The number of aromatic nitrogens is 1. The number of pyridine rings is 1. The Morgan fingerprint density at radius 3 is 2.71 bits per heavy atom. The molecule has 1 fully saturated rings. The molecule has 2 rings (SSSR count). The number of aliphatic hydroxyl groups excluding tert-OH is 1. The first-order valence-corrected chi connectivity index (χ1v) is 4.70. The Hall–Kier alpha value is -1.42. The summed E-state index contributed by atoms with van der Waals surface area (Å²) in [6.45, 7) is 0.559. The Kier molecular flexibility index (Phi) is 2.45. The summed E-state index contributed by atoms with van der Waals surface area (Å²) in [7, 11) is 0. The van der Waals surface area contributed by atoms with Crippen LogP contribution in [-0.4, -0.2) is 23.7 Å². The van der Waals surface area contributed by atoms with Crippen LogP contribution >= 0.6 is 0 Å². The summed E-state index contributed by atoms with van der Waals surface area (Å²) in [5, 5.41) is 12.5. The Morgan fingerprint density at radius 1 is 1.36 bits per heavy atom. The fourth-order valence-electron chi connectivity index (χ4n) is 1.71. The van der Waals surface area contributed by atoms with Crippen molar-refractivity contribution < 1.29 is 14.5 Å². The lowest BCUT2D eigenvalue weighted by Crippen LogP contribution is -2.57. The molecule has 74 valence electrons. The summed E-state index contributed by atoms with van der Waals surface area (Å²) in [5.74, 6) is -0.111. The maximum Gasteiger partial charge on any atom is 0.291 e. The van der Waals surface area contributed by atoms with Gasteiger partial charge in [-0.05, 0) is 6.42 Å². The minimum Gasteiger partial charge on any atom is -0.386 e. The van der Waals surface area contributed by atoms with Crippen LogP contribution < -0.4 is 9.88 Å². The standard InChI is InChI=1S/C10H12N2O2/c13-8-4-5-11-10(14)9(8)12-6-2-1-3-7-12/h1-3,6-9,13H,4-5H2/p+1. The van der Waals surface area contributed by atoms with Gasteiger partial charge in [0.2, 0.25) is 0 Å². The van der Waals surface area contributed by atoms with E-state index in [-0.39, 0.29) is 5.91 Å². The normalized spacial score (nSPS) is 27.1. The quantitative estimate of drug-likeness (QED) is 0.585. The second kappa shape index (κ2) is 3.75. The first-order valence-electron chi connectivity index (χ1n) is 4.70. The third-order valence-electron chi connectivity index (χ3n) is 2.43. The van der Waals surface area contributed by atoms with Gasteiger partial charge < -0.3 is 10.4 Å². The van der Waals surface area contributed by atoms with Crippen LogP contribution in [0.5, 0.6) is 0 Å². The number of piperidine rings is 1. The molecule has 4 heteroatoms. The van der Waals surface area contributed by atoms with E-state index in [0.29, 0.717) is 13.0 Å². The van der Waals surface area contributed by atoms with Crippen LogP contribution in [-0.2, 0) is 4.79 Å². The molecule has 2 atom stereocenters. The average Bonchev–Trinajstić information content (AvgIpc) is 2.19. The van der Waals surface area contributed by atoms with Crippen molar-refractivity contribution in [2.45, 2.75) is 18.6 Å². The van der Waals surface area contributed by atoms with E-state index in [0.717, 1.165) is 0 Å². The third kappa shape index (κ3) is 1.61. The van der Waals surface area contributed by atoms with E-state index < -0.39 is 12.1 Å². The molecule has 0 spiro atoms. The van der Waals surface area contributed by atoms with Crippen molar-refractivity contribution in [1.82, 2.24) is 5.32 Å². The lowest BCUT2D eigenvalue weighted by molar-refractivity contribution is -0.717. The second-order valence-electron chi connectivity index (χ2n) is 3.41. The lowest BCUT2D eigenvalue weighted by Gasteiger charge is -2.22. The molecule has 0 saturated carbocycles. The van der Waals surface area contributed by atoms with E-state index >= 15 is 0 Å². The first-order chi connectivity index (χ1) is 6.79. The van der Waals surface area contributed by atoms with Gasteiger partial charge in [0, 0.05) is 18.7 Å². The molecular formula is C10H13N2O2+. The predicted octanol–water partition coefficient (Wildman–Crippen LogP) is -0.604. The van der Waals surface area contributed by atoms with Crippen LogP contribution in [0.4, 0.5) is 0 Å². The Morgan fingerprint density at radius 2 is 2.07 bits per heavy atom. The van der Waals surface area contributed by atoms with E-state index in [1.165, 1.54) is 0 Å². The summed E-state index contributed by atoms with van der Waals surface area (Å²) in [6, 6.07) is 5.08. The fraction of sp³-hybridized carbons (Fsp3) is 0.400. The monoisotopic (exact) mass is 193 g/mol. The Balaban J connectivity index is 2.27. The summed E-state index contributed by atoms with van der Waals surface area (Å²) in [5.41, 5.74) is 0. The van der Waals surface area contributed by atoms with Crippen molar-refractivity contribution in [1.29, 1.82) is 0 Å². The highest BCUT2D eigenvalue weighted by Gasteiger charge is 2.37. The van der Waals surface area contributed by atoms with Gasteiger partial charge in [-0.3, -0.25) is 4.79 Å². The van der Waals surface area contributed by atoms with Gasteiger partial charge in [0.25, 0.3) is 11.9 Å². The molecule has 1 saturated heterocycles. The molecule has 4 nitrogen and oxygen atoms in total. The van der Waals surface area contributed by atoms with E-state index in [1.807, 2.05) is 18.2 Å². The van der Waals surface area contributed by atoms with Gasteiger partial charge in [0.05, 0.1) is 0 Å². The van der Waals surface area contributed by atoms with E-state index in [4.69, 9.17) is 0 Å². The molecule has 2 unspecified atom stereocenters. The molecule has 1 aliphatic heterocycles. The summed E-state index contributed by atoms with van der Waals surface area (Å²) in [6.07, 6.45) is 3.60. The Labute approximate surface area is 82.2 Å². The van der Waals surface area contributed by atoms with E-state index in [2.05, 4.69) is 5.32 Å². The number of hydrogen-bond acceptors (Lipinski definition) is 2. The van der Waals surface area contributed by atoms with Gasteiger partial charge in [-0.15, -0.1) is 0 Å². The summed E-state index contributed by atoms with van der Waals surface area (Å²) < 4.78 is 1.74. The number of amides is 1. The number of hydrogen-bond donors (Lipinski definition) is 2. The number of nitrogens with zero attached hydrogens (tertiary/aromatic N) is 1. The van der Waals surface area contributed by atoms with Crippen LogP contribution in [0.15, 0.2) is 30.6 Å². The van der Waals surface area contributed by atoms with E-state index in [9.17, 15) is 9.90 Å². The number of carbonyl (C=O) groups is 1. The van der Waals surface area contributed by atoms with Crippen LogP contribution in [0.25, 0.3) is 0 Å². The predicted molar refractivity (Wildman–Crippen MR) is 49.3 cm³/mol. The highest BCUT2D eigenvalue weighted by atomic mass is 16.3. The molecule has 1 aliphatic rings. The zero-order valence-electron chi connectivity index (χ0n) is 7.76. The highest BCUT2D eigenvalue weighted by molar-refractivity contribution is 5.80. The number of carbonyl (C=O) groups excluding carboxylic acids is 1. The highest BCUT2D eigenvalue weighted by Crippen LogP contribution is 2.11. The molecule has 2 heterocycles. The molecule has 0 aliphatic carbocycles. The minimum atomic E-state index is -0.587. The first kappa shape index (κ1) is 9.15. The van der Waals surface area contributed by atoms with Crippen molar-refractivity contribution in [3.8, 4) is 0 Å². The maximum atomic E-state index is 11.5. The van der Waals surface area contributed by atoms with Crippen molar-refractivity contribution in [3.63, 3.8) is 0 Å². The van der Waals surface area contributed by atoms with Crippen LogP contribution in [0, 0.1) is 0 Å². The fourth-order valence-corrected chi connectivity index (χ4v) is 1.71. The van der Waals surface area contributed by atoms with E-state index in [1.54, 1.807) is 17.0 Å². The molecule has 14 heavy (non-hydrogen) atoms. The maximum absolute atomic E-state index is 11.5. The zero-order valence-corrected chi connectivity index (χ0v) is 7.76. The molecular weight excluding hydrogens is 180 g/mol. The van der Waals surface area contributed by atoms with Gasteiger partial charge in [-0.1, -0.05) is 6.07 Å². The van der Waals surface area contributed by atoms with Gasteiger partial charge in [0.15, 0.2) is 12.4 Å². The van der Waals surface area contributed by atoms with Crippen molar-refractivity contribution in [3.05, 3.63) is 30.6 Å². The Bertz CT molecular complexity index is 326. The molecule has 1 amide bonds. The second-order valence-corrected chi connectivity index (χ2v) is 3.41. The van der Waals surface area contributed by atoms with Crippen LogP contribution in [0.2, 0.25) is 0 Å². The molecule has 0 aromatic carbocycles. The molecule has 1 aromatic rings. The average molecular weight is 193 g/mol. The largest absolute Gasteiger partial charge is 0.386 e. The third-order valence-corrected chi connectivity index (χ3v) is 2.43. The topological polar surface area (TPSA) is 53.2 Å². The van der Waals surface area contributed by atoms with Gasteiger partial charge in [-0.2, -0.15) is 4.57 Å². The zero-order chi connectivity index (χ0) is 9.97. The van der Waals surface area contributed by atoms with Crippen LogP contribution in [0.3, 0.4) is 0 Å². The number of aliphatic hydroxyl groups is 1. The van der Waals surface area contributed by atoms with Crippen molar-refractivity contribution in [2.24, 2.45) is 0 Å². The van der Waals surface area contributed by atoms with Gasteiger partial charge >= 0.3 is 0 Å². The molecule has 2 N–H and O–H groups in total. The SMILES string of the molecule is O=C1NCCC(O)C1[n+]1ccccc1. The van der Waals surface area contributed by atoms with Crippen LogP contribution in [0.1, 0.15) is 12.5 Å². The lowest BCUT2D eigenvalue weighted by atomic mass is 10.0. The summed E-state index contributed by atoms with van der Waals surface area (Å²) in [4.78, 5) is 11.5.